The molecule has 18 heavy (non-hydrogen) atoms. The van der Waals surface area contributed by atoms with Gasteiger partial charge in [0.1, 0.15) is 0 Å². The molecule has 2 N–H and O–H groups in total. The number of likely N-dealkylation sites (tertiary alicyclic amines) is 1. The van der Waals surface area contributed by atoms with Crippen molar-refractivity contribution in [1.29, 1.82) is 0 Å². The van der Waals surface area contributed by atoms with Crippen LogP contribution < -0.4 is 5.73 Å². The molecule has 0 aromatic carbocycles. The van der Waals surface area contributed by atoms with Gasteiger partial charge in [0.25, 0.3) is 0 Å². The first-order valence-corrected chi connectivity index (χ1v) is 6.41. The molecular weight excluding hydrogens is 339 g/mol. The summed E-state index contributed by atoms with van der Waals surface area (Å²) in [5.74, 6) is 0.704. The summed E-state index contributed by atoms with van der Waals surface area (Å²) >= 11 is 0. The molecule has 1 aliphatic heterocycles. The molecule has 1 fully saturated rings. The molecular formula is C13H23IN4. The molecule has 0 radical (unpaired) electrons. The van der Waals surface area contributed by atoms with Gasteiger partial charge in [-0.25, -0.2) is 4.99 Å². The van der Waals surface area contributed by atoms with Gasteiger partial charge in [-0.05, 0) is 24.5 Å². The molecule has 0 amide bonds. The molecule has 1 aromatic rings. The van der Waals surface area contributed by atoms with E-state index in [4.69, 9.17) is 5.73 Å². The molecule has 0 bridgehead atoms. The summed E-state index contributed by atoms with van der Waals surface area (Å²) in [6.07, 6.45) is 9.24. The van der Waals surface area contributed by atoms with E-state index in [0.717, 1.165) is 13.1 Å². The molecule has 1 aliphatic rings. The quantitative estimate of drug-likeness (QED) is 0.499. The van der Waals surface area contributed by atoms with E-state index in [2.05, 4.69) is 22.2 Å². The Balaban J connectivity index is 0.00000162. The standard InChI is InChI=1S/C13H22N4.HI/c1-16-9-6-12(11-16)10-15-13(14)17-7-4-2-3-5-8-17;/h6,9,11H,2-5,7-8,10H2,1H3,(H2,14,15);1H. The van der Waals surface area contributed by atoms with E-state index in [1.54, 1.807) is 0 Å². The normalized spacial score (nSPS) is 17.2. The van der Waals surface area contributed by atoms with Gasteiger partial charge in [-0.3, -0.25) is 0 Å². The second-order valence-corrected chi connectivity index (χ2v) is 4.76. The molecule has 0 atom stereocenters. The van der Waals surface area contributed by atoms with Gasteiger partial charge in [0.2, 0.25) is 0 Å². The molecule has 2 heterocycles. The van der Waals surface area contributed by atoms with Gasteiger partial charge in [0, 0.05) is 32.5 Å². The highest BCUT2D eigenvalue weighted by molar-refractivity contribution is 14.0. The highest BCUT2D eigenvalue weighted by Gasteiger charge is 2.10. The Morgan fingerprint density at radius 2 is 1.94 bits per heavy atom. The SMILES string of the molecule is Cn1ccc(CN=C(N)N2CCCCCC2)c1.I. The molecule has 0 spiro atoms. The molecule has 0 saturated carbocycles. The average molecular weight is 362 g/mol. The molecule has 1 saturated heterocycles. The van der Waals surface area contributed by atoms with Crippen LogP contribution in [0.25, 0.3) is 0 Å². The first kappa shape index (κ1) is 15.3. The number of halogens is 1. The summed E-state index contributed by atoms with van der Waals surface area (Å²) in [5, 5.41) is 0. The van der Waals surface area contributed by atoms with Gasteiger partial charge in [0.05, 0.1) is 6.54 Å². The van der Waals surface area contributed by atoms with Crippen molar-refractivity contribution < 1.29 is 0 Å². The van der Waals surface area contributed by atoms with Crippen molar-refractivity contribution in [2.75, 3.05) is 13.1 Å². The number of guanidine groups is 1. The van der Waals surface area contributed by atoms with Gasteiger partial charge < -0.3 is 15.2 Å². The van der Waals surface area contributed by atoms with Crippen LogP contribution in [-0.4, -0.2) is 28.5 Å². The zero-order valence-electron chi connectivity index (χ0n) is 11.0. The Morgan fingerprint density at radius 3 is 2.50 bits per heavy atom. The number of hydrogen-bond donors (Lipinski definition) is 1. The van der Waals surface area contributed by atoms with E-state index in [-0.39, 0.29) is 24.0 Å². The second kappa shape index (κ2) is 7.66. The minimum Gasteiger partial charge on any atom is -0.370 e. The summed E-state index contributed by atoms with van der Waals surface area (Å²) in [4.78, 5) is 6.70. The topological polar surface area (TPSA) is 46.6 Å². The van der Waals surface area contributed by atoms with Crippen LogP contribution in [0, 0.1) is 0 Å². The van der Waals surface area contributed by atoms with Gasteiger partial charge >= 0.3 is 0 Å². The predicted octanol–water partition coefficient (Wildman–Crippen LogP) is 2.33. The molecule has 1 aromatic heterocycles. The highest BCUT2D eigenvalue weighted by Crippen LogP contribution is 2.09. The van der Waals surface area contributed by atoms with Crippen LogP contribution in [0.4, 0.5) is 0 Å². The summed E-state index contributed by atoms with van der Waals surface area (Å²) in [5.41, 5.74) is 7.25. The Labute approximate surface area is 126 Å². The highest BCUT2D eigenvalue weighted by atomic mass is 127. The average Bonchev–Trinajstić information content (AvgIpc) is 2.58. The van der Waals surface area contributed by atoms with Crippen LogP contribution in [0.1, 0.15) is 31.2 Å². The number of aliphatic imine (C=N–C) groups is 1. The lowest BCUT2D eigenvalue weighted by Gasteiger charge is -2.20. The van der Waals surface area contributed by atoms with Crippen LogP contribution in [0.3, 0.4) is 0 Å². The van der Waals surface area contributed by atoms with E-state index in [1.165, 1.54) is 31.2 Å². The second-order valence-electron chi connectivity index (χ2n) is 4.76. The molecule has 5 heteroatoms. The monoisotopic (exact) mass is 362 g/mol. The fourth-order valence-electron chi connectivity index (χ4n) is 2.23. The van der Waals surface area contributed by atoms with Crippen molar-refractivity contribution in [2.24, 2.45) is 17.8 Å². The molecule has 102 valence electrons. The van der Waals surface area contributed by atoms with Crippen LogP contribution in [0.15, 0.2) is 23.5 Å². The number of rotatable bonds is 2. The van der Waals surface area contributed by atoms with Crippen molar-refractivity contribution in [3.63, 3.8) is 0 Å². The van der Waals surface area contributed by atoms with E-state index in [0.29, 0.717) is 12.5 Å². The van der Waals surface area contributed by atoms with Crippen LogP contribution in [-0.2, 0) is 13.6 Å². The molecule has 2 rings (SSSR count). The number of aromatic nitrogens is 1. The molecule has 0 unspecified atom stereocenters. The van der Waals surface area contributed by atoms with Gasteiger partial charge in [-0.15, -0.1) is 24.0 Å². The smallest absolute Gasteiger partial charge is 0.191 e. The first-order chi connectivity index (χ1) is 8.25. The lowest BCUT2D eigenvalue weighted by atomic mass is 10.2. The van der Waals surface area contributed by atoms with Gasteiger partial charge in [0.15, 0.2) is 5.96 Å². The maximum atomic E-state index is 6.04. The third-order valence-corrected chi connectivity index (χ3v) is 3.25. The van der Waals surface area contributed by atoms with Crippen LogP contribution >= 0.6 is 24.0 Å². The largest absolute Gasteiger partial charge is 0.370 e. The molecule has 0 aliphatic carbocycles. The lowest BCUT2D eigenvalue weighted by Crippen LogP contribution is -2.38. The summed E-state index contributed by atoms with van der Waals surface area (Å²) in [6, 6.07) is 2.08. The third kappa shape index (κ3) is 4.51. The molecule has 4 nitrogen and oxygen atoms in total. The van der Waals surface area contributed by atoms with Gasteiger partial charge in [-0.1, -0.05) is 12.8 Å². The van der Waals surface area contributed by atoms with E-state index < -0.39 is 0 Å². The van der Waals surface area contributed by atoms with Crippen LogP contribution in [0.5, 0.6) is 0 Å². The van der Waals surface area contributed by atoms with Gasteiger partial charge in [-0.2, -0.15) is 0 Å². The third-order valence-electron chi connectivity index (χ3n) is 3.25. The Kier molecular flexibility index (Phi) is 6.52. The number of nitrogens with zero attached hydrogens (tertiary/aromatic N) is 3. The first-order valence-electron chi connectivity index (χ1n) is 6.41. The van der Waals surface area contributed by atoms with Crippen molar-refractivity contribution >= 4 is 29.9 Å². The minimum atomic E-state index is 0. The maximum absolute atomic E-state index is 6.04. The predicted molar refractivity (Wildman–Crippen MR) is 86.2 cm³/mol. The van der Waals surface area contributed by atoms with E-state index in [9.17, 15) is 0 Å². The lowest BCUT2D eigenvalue weighted by molar-refractivity contribution is 0.428. The van der Waals surface area contributed by atoms with E-state index >= 15 is 0 Å². The maximum Gasteiger partial charge on any atom is 0.191 e. The van der Waals surface area contributed by atoms with E-state index in [1.807, 2.05) is 17.8 Å². The van der Waals surface area contributed by atoms with Crippen molar-refractivity contribution in [2.45, 2.75) is 32.2 Å². The number of nitrogens with two attached hydrogens (primary N) is 1. The van der Waals surface area contributed by atoms with Crippen LogP contribution in [0.2, 0.25) is 0 Å². The zero-order chi connectivity index (χ0) is 12.1. The minimum absolute atomic E-state index is 0. The summed E-state index contributed by atoms with van der Waals surface area (Å²) in [7, 11) is 2.02. The summed E-state index contributed by atoms with van der Waals surface area (Å²) < 4.78 is 2.03. The summed E-state index contributed by atoms with van der Waals surface area (Å²) in [6.45, 7) is 2.80. The van der Waals surface area contributed by atoms with Crippen molar-refractivity contribution in [3.8, 4) is 0 Å². The fourth-order valence-corrected chi connectivity index (χ4v) is 2.23. The number of hydrogen-bond acceptors (Lipinski definition) is 1. The van der Waals surface area contributed by atoms with Crippen molar-refractivity contribution in [3.05, 3.63) is 24.0 Å². The fraction of sp³-hybridized carbons (Fsp3) is 0.615. The zero-order valence-corrected chi connectivity index (χ0v) is 13.3. The Bertz CT molecular complexity index is 378. The Morgan fingerprint density at radius 1 is 1.28 bits per heavy atom. The van der Waals surface area contributed by atoms with Crippen molar-refractivity contribution in [1.82, 2.24) is 9.47 Å². The number of aryl methyl sites for hydroxylation is 1. The Hall–Kier alpha value is -0.720.